The van der Waals surface area contributed by atoms with E-state index in [1.807, 2.05) is 6.07 Å². The Morgan fingerprint density at radius 3 is 2.43 bits per heavy atom. The number of carbonyl (C=O) groups excluding carboxylic acids is 1. The Morgan fingerprint density at radius 1 is 1.17 bits per heavy atom. The highest BCUT2D eigenvalue weighted by Gasteiger charge is 2.31. The third-order valence-corrected chi connectivity index (χ3v) is 4.41. The average molecular weight is 405 g/mol. The highest BCUT2D eigenvalue weighted by molar-refractivity contribution is 9.10. The quantitative estimate of drug-likeness (QED) is 0.667. The van der Waals surface area contributed by atoms with E-state index in [2.05, 4.69) is 15.9 Å². The van der Waals surface area contributed by atoms with Gasteiger partial charge in [-0.05, 0) is 35.4 Å². The molecule has 0 radical (unpaired) electrons. The van der Waals surface area contributed by atoms with E-state index < -0.39 is 11.7 Å². The van der Waals surface area contributed by atoms with Gasteiger partial charge in [0.2, 0.25) is 0 Å². The number of alkyl halides is 3. The molecule has 7 heteroatoms. The summed E-state index contributed by atoms with van der Waals surface area (Å²) in [5, 5.41) is 0.370. The number of rotatable bonds is 2. The zero-order valence-electron chi connectivity index (χ0n) is 11.6. The summed E-state index contributed by atoms with van der Waals surface area (Å²) in [7, 11) is 0. The fourth-order valence-electron chi connectivity index (χ4n) is 2.57. The molecule has 2 aromatic carbocycles. The first-order valence-electron chi connectivity index (χ1n) is 6.69. The predicted octanol–water partition coefficient (Wildman–Crippen LogP) is 5.28. The molecular weight excluding hydrogens is 395 g/mol. The van der Waals surface area contributed by atoms with Crippen LogP contribution in [0.25, 0.3) is 0 Å². The van der Waals surface area contributed by atoms with Gasteiger partial charge in [-0.2, -0.15) is 13.2 Å². The van der Waals surface area contributed by atoms with Crippen molar-refractivity contribution in [1.82, 2.24) is 4.90 Å². The van der Waals surface area contributed by atoms with Gasteiger partial charge in [-0.15, -0.1) is 0 Å². The largest absolute Gasteiger partial charge is 0.416 e. The lowest BCUT2D eigenvalue weighted by atomic mass is 10.1. The monoisotopic (exact) mass is 403 g/mol. The zero-order chi connectivity index (χ0) is 16.8. The molecule has 0 saturated carbocycles. The van der Waals surface area contributed by atoms with Crippen LogP contribution in [-0.4, -0.2) is 10.8 Å². The van der Waals surface area contributed by atoms with Crippen molar-refractivity contribution >= 4 is 33.4 Å². The molecule has 3 rings (SSSR count). The van der Waals surface area contributed by atoms with E-state index in [4.69, 9.17) is 11.6 Å². The van der Waals surface area contributed by atoms with Crippen molar-refractivity contribution in [2.75, 3.05) is 0 Å². The molecule has 120 valence electrons. The van der Waals surface area contributed by atoms with E-state index in [9.17, 15) is 18.0 Å². The maximum atomic E-state index is 12.6. The van der Waals surface area contributed by atoms with Gasteiger partial charge in [-0.25, -0.2) is 0 Å². The van der Waals surface area contributed by atoms with Crippen molar-refractivity contribution in [3.8, 4) is 0 Å². The Morgan fingerprint density at radius 2 is 1.83 bits per heavy atom. The molecule has 0 spiro atoms. The van der Waals surface area contributed by atoms with E-state index in [0.717, 1.165) is 22.2 Å². The van der Waals surface area contributed by atoms with Crippen LogP contribution in [0.1, 0.15) is 27.0 Å². The number of amides is 1. The molecule has 0 aliphatic carbocycles. The number of halogens is 5. The highest BCUT2D eigenvalue weighted by atomic mass is 79.9. The van der Waals surface area contributed by atoms with Gasteiger partial charge in [0.05, 0.1) is 16.1 Å². The fraction of sp³-hybridized carbons (Fsp3) is 0.188. The summed E-state index contributed by atoms with van der Waals surface area (Å²) in [6.07, 6.45) is -4.36. The summed E-state index contributed by atoms with van der Waals surface area (Å²) >= 11 is 9.43. The van der Waals surface area contributed by atoms with Crippen molar-refractivity contribution in [2.45, 2.75) is 19.3 Å². The first-order chi connectivity index (χ1) is 10.8. The molecule has 1 heterocycles. The van der Waals surface area contributed by atoms with Gasteiger partial charge in [0.15, 0.2) is 0 Å². The number of carbonyl (C=O) groups is 1. The Bertz CT molecular complexity index is 774. The molecule has 0 aromatic heterocycles. The van der Waals surface area contributed by atoms with Crippen LogP contribution >= 0.6 is 27.5 Å². The Balaban J connectivity index is 1.80. The van der Waals surface area contributed by atoms with Gasteiger partial charge < -0.3 is 4.90 Å². The lowest BCUT2D eigenvalue weighted by Crippen LogP contribution is -2.23. The minimum atomic E-state index is -4.36. The van der Waals surface area contributed by atoms with Crippen molar-refractivity contribution < 1.29 is 18.0 Å². The molecule has 0 bridgehead atoms. The third-order valence-electron chi connectivity index (χ3n) is 3.65. The molecule has 0 saturated heterocycles. The Hall–Kier alpha value is -1.53. The molecule has 0 N–H and O–H groups in total. The van der Waals surface area contributed by atoms with Gasteiger partial charge in [0.1, 0.15) is 0 Å². The first-order valence-corrected chi connectivity index (χ1v) is 7.86. The van der Waals surface area contributed by atoms with Crippen molar-refractivity contribution in [2.24, 2.45) is 0 Å². The van der Waals surface area contributed by atoms with Gasteiger partial charge in [-0.3, -0.25) is 4.79 Å². The minimum absolute atomic E-state index is 0.211. The van der Waals surface area contributed by atoms with E-state index in [0.29, 0.717) is 22.7 Å². The summed E-state index contributed by atoms with van der Waals surface area (Å²) < 4.78 is 38.5. The first kappa shape index (κ1) is 16.3. The van der Waals surface area contributed by atoms with Crippen molar-refractivity contribution in [3.63, 3.8) is 0 Å². The van der Waals surface area contributed by atoms with Crippen LogP contribution in [0.15, 0.2) is 40.9 Å². The number of hydrogen-bond acceptors (Lipinski definition) is 1. The summed E-state index contributed by atoms with van der Waals surface area (Å²) in [5.41, 5.74) is 1.20. The Kier molecular flexibility index (Phi) is 4.14. The average Bonchev–Trinajstić information content (AvgIpc) is 2.74. The molecule has 1 aliphatic rings. The van der Waals surface area contributed by atoms with Gasteiger partial charge >= 0.3 is 6.18 Å². The van der Waals surface area contributed by atoms with Crippen LogP contribution in [0.5, 0.6) is 0 Å². The molecule has 2 nitrogen and oxygen atoms in total. The second-order valence-electron chi connectivity index (χ2n) is 5.28. The predicted molar refractivity (Wildman–Crippen MR) is 84.2 cm³/mol. The zero-order valence-corrected chi connectivity index (χ0v) is 14.0. The second-order valence-corrected chi connectivity index (χ2v) is 6.60. The van der Waals surface area contributed by atoms with E-state index in [-0.39, 0.29) is 12.5 Å². The van der Waals surface area contributed by atoms with Crippen LogP contribution in [0.4, 0.5) is 13.2 Å². The van der Waals surface area contributed by atoms with Crippen LogP contribution in [0.3, 0.4) is 0 Å². The normalized spacial score (nSPS) is 14.3. The Labute approximate surface area is 144 Å². The summed E-state index contributed by atoms with van der Waals surface area (Å²) in [6.45, 7) is 0.619. The molecule has 0 unspecified atom stereocenters. The smallest absolute Gasteiger partial charge is 0.330 e. The minimum Gasteiger partial charge on any atom is -0.330 e. The molecular formula is C16H10BrClF3NO. The van der Waals surface area contributed by atoms with Gasteiger partial charge in [0, 0.05) is 17.6 Å². The van der Waals surface area contributed by atoms with Crippen LogP contribution in [0, 0.1) is 0 Å². The number of hydrogen-bond donors (Lipinski definition) is 0. The second kappa shape index (κ2) is 5.83. The molecule has 1 aliphatic heterocycles. The van der Waals surface area contributed by atoms with Crippen molar-refractivity contribution in [3.05, 3.63) is 68.1 Å². The van der Waals surface area contributed by atoms with Gasteiger partial charge in [-0.1, -0.05) is 39.7 Å². The third kappa shape index (κ3) is 3.23. The van der Waals surface area contributed by atoms with E-state index in [1.165, 1.54) is 12.1 Å². The standard InChI is InChI=1S/C16H10BrClF3NO/c17-12-5-10-8-22(15(23)14(10)13(18)6-12)7-9-1-3-11(4-2-9)16(19,20)21/h1-6H,7-8H2. The highest BCUT2D eigenvalue weighted by Crippen LogP contribution is 2.34. The van der Waals surface area contributed by atoms with E-state index >= 15 is 0 Å². The molecule has 0 fully saturated rings. The van der Waals surface area contributed by atoms with Crippen molar-refractivity contribution in [1.29, 1.82) is 0 Å². The molecule has 0 atom stereocenters. The maximum absolute atomic E-state index is 12.6. The summed E-state index contributed by atoms with van der Waals surface area (Å²) in [6, 6.07) is 8.29. The van der Waals surface area contributed by atoms with Crippen LogP contribution < -0.4 is 0 Å². The molecule has 23 heavy (non-hydrogen) atoms. The fourth-order valence-corrected chi connectivity index (χ4v) is 3.53. The molecule has 2 aromatic rings. The van der Waals surface area contributed by atoms with Crippen LogP contribution in [-0.2, 0) is 19.3 Å². The summed E-state index contributed by atoms with van der Waals surface area (Å²) in [4.78, 5) is 14.0. The topological polar surface area (TPSA) is 20.3 Å². The summed E-state index contributed by atoms with van der Waals surface area (Å²) in [5.74, 6) is -0.211. The lowest BCUT2D eigenvalue weighted by molar-refractivity contribution is -0.137. The number of benzene rings is 2. The van der Waals surface area contributed by atoms with Crippen LogP contribution in [0.2, 0.25) is 5.02 Å². The SMILES string of the molecule is O=C1c2c(Cl)cc(Br)cc2CN1Cc1ccc(C(F)(F)F)cc1. The maximum Gasteiger partial charge on any atom is 0.416 e. The van der Waals surface area contributed by atoms with Gasteiger partial charge in [0.25, 0.3) is 5.91 Å². The lowest BCUT2D eigenvalue weighted by Gasteiger charge is -2.16. The molecule has 1 amide bonds. The van der Waals surface area contributed by atoms with E-state index in [1.54, 1.807) is 11.0 Å². The number of fused-ring (bicyclic) bond motifs is 1. The number of nitrogens with zero attached hydrogens (tertiary/aromatic N) is 1.